The lowest BCUT2D eigenvalue weighted by molar-refractivity contribution is 0.138. The molecule has 0 bridgehead atoms. The molecule has 1 aromatic rings. The van der Waals surface area contributed by atoms with Crippen LogP contribution in [0.4, 0.5) is 5.69 Å². The van der Waals surface area contributed by atoms with E-state index in [1.54, 1.807) is 26.0 Å². The molecule has 1 aliphatic heterocycles. The van der Waals surface area contributed by atoms with E-state index < -0.39 is 15.6 Å². The zero-order valence-electron chi connectivity index (χ0n) is 11.5. The van der Waals surface area contributed by atoms with Gasteiger partial charge in [0.2, 0.25) is 10.0 Å². The maximum atomic E-state index is 12.5. The van der Waals surface area contributed by atoms with Crippen LogP contribution in [0.3, 0.4) is 0 Å². The molecule has 1 aliphatic rings. The first-order valence-electron chi connectivity index (χ1n) is 6.26. The van der Waals surface area contributed by atoms with Crippen LogP contribution in [0.1, 0.15) is 19.4 Å². The molecule has 2 rings (SSSR count). The number of nitrogens with one attached hydrogen (secondary N) is 1. The van der Waals surface area contributed by atoms with Gasteiger partial charge in [-0.15, -0.1) is 0 Å². The number of aliphatic hydroxyl groups excluding tert-OH is 1. The highest BCUT2D eigenvalue weighted by Crippen LogP contribution is 2.28. The van der Waals surface area contributed by atoms with Crippen LogP contribution >= 0.6 is 0 Å². The number of sulfonamides is 1. The average molecular weight is 284 g/mol. The molecule has 0 atom stereocenters. The highest BCUT2D eigenvalue weighted by molar-refractivity contribution is 7.89. The van der Waals surface area contributed by atoms with Crippen LogP contribution < -0.4 is 5.32 Å². The van der Waals surface area contributed by atoms with Crippen LogP contribution in [0, 0.1) is 0 Å². The third-order valence-corrected chi connectivity index (χ3v) is 5.75. The van der Waals surface area contributed by atoms with Gasteiger partial charge in [0.25, 0.3) is 0 Å². The maximum absolute atomic E-state index is 12.5. The molecular weight excluding hydrogens is 264 g/mol. The maximum Gasteiger partial charge on any atom is 0.243 e. The molecule has 0 aromatic heterocycles. The lowest BCUT2D eigenvalue weighted by atomic mass is 10.1. The molecule has 1 heterocycles. The van der Waals surface area contributed by atoms with Crippen LogP contribution in [-0.4, -0.2) is 43.6 Å². The first-order valence-corrected chi connectivity index (χ1v) is 7.70. The lowest BCUT2D eigenvalue weighted by Crippen LogP contribution is -2.47. The van der Waals surface area contributed by atoms with E-state index in [9.17, 15) is 13.5 Å². The Morgan fingerprint density at radius 2 is 2.11 bits per heavy atom. The fourth-order valence-corrected chi connectivity index (χ4v) is 3.54. The molecule has 19 heavy (non-hydrogen) atoms. The van der Waals surface area contributed by atoms with Crippen molar-refractivity contribution in [2.24, 2.45) is 0 Å². The molecule has 0 unspecified atom stereocenters. The predicted molar refractivity (Wildman–Crippen MR) is 74.7 cm³/mol. The van der Waals surface area contributed by atoms with Gasteiger partial charge < -0.3 is 10.4 Å². The largest absolute Gasteiger partial charge is 0.394 e. The number of rotatable bonds is 4. The van der Waals surface area contributed by atoms with Crippen molar-refractivity contribution in [2.45, 2.75) is 30.7 Å². The summed E-state index contributed by atoms with van der Waals surface area (Å²) in [4.78, 5) is 0.254. The number of aliphatic hydroxyl groups is 1. The smallest absolute Gasteiger partial charge is 0.243 e. The summed E-state index contributed by atoms with van der Waals surface area (Å²) in [6, 6.07) is 5.15. The van der Waals surface area contributed by atoms with Gasteiger partial charge in [-0.05, 0) is 38.0 Å². The summed E-state index contributed by atoms with van der Waals surface area (Å²) >= 11 is 0. The Morgan fingerprint density at radius 1 is 1.42 bits per heavy atom. The third kappa shape index (κ3) is 2.48. The number of fused-ring (bicyclic) bond motifs is 1. The summed E-state index contributed by atoms with van der Waals surface area (Å²) in [5.74, 6) is 0. The van der Waals surface area contributed by atoms with E-state index in [0.717, 1.165) is 24.2 Å². The minimum atomic E-state index is -3.60. The minimum Gasteiger partial charge on any atom is -0.394 e. The van der Waals surface area contributed by atoms with E-state index in [-0.39, 0.29) is 11.5 Å². The van der Waals surface area contributed by atoms with Gasteiger partial charge in [0.05, 0.1) is 17.0 Å². The molecular formula is C13H20N2O3S. The summed E-state index contributed by atoms with van der Waals surface area (Å²) in [5, 5.41) is 12.5. The van der Waals surface area contributed by atoms with Gasteiger partial charge in [-0.25, -0.2) is 8.42 Å². The predicted octanol–water partition coefficient (Wildman–Crippen LogP) is 1.05. The van der Waals surface area contributed by atoms with Gasteiger partial charge in [0.1, 0.15) is 0 Å². The normalized spacial score (nSPS) is 15.4. The van der Waals surface area contributed by atoms with Crippen LogP contribution in [0.2, 0.25) is 0 Å². The molecule has 106 valence electrons. The summed E-state index contributed by atoms with van der Waals surface area (Å²) in [6.07, 6.45) is 0.924. The molecule has 1 aromatic carbocycles. The number of likely N-dealkylation sites (N-methyl/N-ethyl adjacent to an activating group) is 1. The third-order valence-electron chi connectivity index (χ3n) is 3.69. The molecule has 5 nitrogen and oxygen atoms in total. The van der Waals surface area contributed by atoms with Crippen molar-refractivity contribution < 1.29 is 13.5 Å². The van der Waals surface area contributed by atoms with E-state index >= 15 is 0 Å². The molecule has 0 radical (unpaired) electrons. The quantitative estimate of drug-likeness (QED) is 0.867. The van der Waals surface area contributed by atoms with Crippen molar-refractivity contribution in [3.63, 3.8) is 0 Å². The molecule has 0 spiro atoms. The molecule has 0 amide bonds. The van der Waals surface area contributed by atoms with Gasteiger partial charge in [0, 0.05) is 19.3 Å². The van der Waals surface area contributed by atoms with E-state index in [0.29, 0.717) is 0 Å². The van der Waals surface area contributed by atoms with Gasteiger partial charge in [-0.1, -0.05) is 6.07 Å². The van der Waals surface area contributed by atoms with Crippen molar-refractivity contribution in [1.29, 1.82) is 0 Å². The molecule has 6 heteroatoms. The Hall–Kier alpha value is -1.11. The van der Waals surface area contributed by atoms with E-state index in [2.05, 4.69) is 5.32 Å². The monoisotopic (exact) mass is 284 g/mol. The van der Waals surface area contributed by atoms with Gasteiger partial charge in [0.15, 0.2) is 0 Å². The fourth-order valence-electron chi connectivity index (χ4n) is 2.01. The average Bonchev–Trinajstić information content (AvgIpc) is 2.84. The van der Waals surface area contributed by atoms with Crippen molar-refractivity contribution in [1.82, 2.24) is 4.31 Å². The summed E-state index contributed by atoms with van der Waals surface area (Å²) in [6.45, 7) is 4.00. The topological polar surface area (TPSA) is 69.6 Å². The Morgan fingerprint density at radius 3 is 2.74 bits per heavy atom. The molecule has 2 N–H and O–H groups in total. The lowest BCUT2D eigenvalue weighted by Gasteiger charge is -2.32. The summed E-state index contributed by atoms with van der Waals surface area (Å²) in [5.41, 5.74) is 1.20. The molecule has 0 aliphatic carbocycles. The van der Waals surface area contributed by atoms with E-state index in [1.165, 1.54) is 11.4 Å². The zero-order valence-corrected chi connectivity index (χ0v) is 12.3. The number of benzene rings is 1. The van der Waals surface area contributed by atoms with Gasteiger partial charge in [-0.2, -0.15) is 4.31 Å². The number of nitrogens with zero attached hydrogens (tertiary/aromatic N) is 1. The standard InChI is InChI=1S/C13H20N2O3S/c1-13(2,9-16)15(3)19(17,18)11-5-4-10-6-7-14-12(10)8-11/h4-5,8,14,16H,6-7,9H2,1-3H3. The van der Waals surface area contributed by atoms with Gasteiger partial charge in [-0.3, -0.25) is 0 Å². The van der Waals surface area contributed by atoms with Crippen molar-refractivity contribution >= 4 is 15.7 Å². The summed E-state index contributed by atoms with van der Waals surface area (Å²) < 4.78 is 26.3. The Labute approximate surface area is 114 Å². The number of hydrogen-bond acceptors (Lipinski definition) is 4. The Kier molecular flexibility index (Phi) is 3.59. The SMILES string of the molecule is CN(C(C)(C)CO)S(=O)(=O)c1ccc2c(c1)NCC2. The molecule has 0 fully saturated rings. The second kappa shape index (κ2) is 4.77. The van der Waals surface area contributed by atoms with E-state index in [4.69, 9.17) is 0 Å². The Bertz CT molecular complexity index is 582. The first-order chi connectivity index (χ1) is 8.79. The van der Waals surface area contributed by atoms with Crippen molar-refractivity contribution in [3.8, 4) is 0 Å². The Balaban J connectivity index is 2.40. The highest BCUT2D eigenvalue weighted by atomic mass is 32.2. The minimum absolute atomic E-state index is 0.230. The molecule has 0 saturated carbocycles. The van der Waals surface area contributed by atoms with Crippen LogP contribution in [-0.2, 0) is 16.4 Å². The van der Waals surface area contributed by atoms with Crippen LogP contribution in [0.5, 0.6) is 0 Å². The fraction of sp³-hybridized carbons (Fsp3) is 0.538. The number of anilines is 1. The second-order valence-electron chi connectivity index (χ2n) is 5.44. The van der Waals surface area contributed by atoms with Gasteiger partial charge >= 0.3 is 0 Å². The zero-order chi connectivity index (χ0) is 14.3. The highest BCUT2D eigenvalue weighted by Gasteiger charge is 2.34. The number of hydrogen-bond donors (Lipinski definition) is 2. The second-order valence-corrected chi connectivity index (χ2v) is 7.41. The van der Waals surface area contributed by atoms with E-state index in [1.807, 2.05) is 6.07 Å². The van der Waals surface area contributed by atoms with Crippen molar-refractivity contribution in [2.75, 3.05) is 25.5 Å². The first kappa shape index (κ1) is 14.3. The van der Waals surface area contributed by atoms with Crippen molar-refractivity contribution in [3.05, 3.63) is 23.8 Å². The molecule has 0 saturated heterocycles. The van der Waals surface area contributed by atoms with Crippen LogP contribution in [0.25, 0.3) is 0 Å². The van der Waals surface area contributed by atoms with Crippen LogP contribution in [0.15, 0.2) is 23.1 Å². The summed E-state index contributed by atoms with van der Waals surface area (Å²) in [7, 11) is -2.10.